The van der Waals surface area contributed by atoms with Crippen LogP contribution < -0.4 is 10.6 Å². The minimum atomic E-state index is -0.659. The summed E-state index contributed by atoms with van der Waals surface area (Å²) in [4.78, 5) is 13.0. The molecule has 1 saturated carbocycles. The van der Waals surface area contributed by atoms with Gasteiger partial charge in [-0.2, -0.15) is 0 Å². The molecule has 1 aliphatic carbocycles. The Balaban J connectivity index is 0.00000243. The van der Waals surface area contributed by atoms with Crippen molar-refractivity contribution in [2.45, 2.75) is 62.9 Å². The molecule has 1 aromatic carbocycles. The van der Waals surface area contributed by atoms with Crippen molar-refractivity contribution in [3.8, 4) is 0 Å². The number of hydrogen-bond acceptors (Lipinski definition) is 3. The highest BCUT2D eigenvalue weighted by molar-refractivity contribution is 5.85. The molecule has 1 amide bonds. The molecule has 0 unspecified atom stereocenters. The van der Waals surface area contributed by atoms with Gasteiger partial charge in [-0.25, -0.2) is 0 Å². The van der Waals surface area contributed by atoms with Gasteiger partial charge < -0.3 is 15.4 Å². The topological polar surface area (TPSA) is 50.4 Å². The molecule has 3 rings (SSSR count). The fraction of sp³-hybridized carbons (Fsp3) is 0.667. The molecule has 4 nitrogen and oxygen atoms in total. The van der Waals surface area contributed by atoms with Gasteiger partial charge >= 0.3 is 0 Å². The van der Waals surface area contributed by atoms with Crippen molar-refractivity contribution < 1.29 is 9.53 Å². The van der Waals surface area contributed by atoms with Crippen molar-refractivity contribution >= 4 is 18.3 Å². The molecule has 0 aromatic heterocycles. The summed E-state index contributed by atoms with van der Waals surface area (Å²) in [5.74, 6) is 0.0640. The van der Waals surface area contributed by atoms with E-state index >= 15 is 0 Å². The maximum absolute atomic E-state index is 13.0. The molecule has 0 atom stereocenters. The Morgan fingerprint density at radius 3 is 2.46 bits per heavy atom. The number of rotatable bonds is 5. The summed E-state index contributed by atoms with van der Waals surface area (Å²) >= 11 is 0. The number of carbonyl (C=O) groups is 1. The van der Waals surface area contributed by atoms with Crippen LogP contribution in [-0.2, 0) is 14.9 Å². The molecule has 5 heteroatoms. The monoisotopic (exact) mass is 380 g/mol. The van der Waals surface area contributed by atoms with E-state index in [1.807, 2.05) is 0 Å². The van der Waals surface area contributed by atoms with E-state index in [1.165, 1.54) is 30.4 Å². The van der Waals surface area contributed by atoms with Gasteiger partial charge in [0.25, 0.3) is 5.91 Å². The predicted octanol–water partition coefficient (Wildman–Crippen LogP) is 3.50. The fourth-order valence-corrected chi connectivity index (χ4v) is 4.54. The SMILES string of the molecule is COC1(C(=O)NCC2(c3cccc(C)c3)CCCCC2)CCNCC1.Cl. The van der Waals surface area contributed by atoms with Crippen LogP contribution in [0.15, 0.2) is 24.3 Å². The van der Waals surface area contributed by atoms with Crippen LogP contribution >= 0.6 is 12.4 Å². The first-order valence-corrected chi connectivity index (χ1v) is 9.72. The van der Waals surface area contributed by atoms with Gasteiger partial charge in [0.05, 0.1) is 0 Å². The minimum Gasteiger partial charge on any atom is -0.368 e. The lowest BCUT2D eigenvalue weighted by atomic mass is 9.69. The molecule has 0 radical (unpaired) electrons. The lowest BCUT2D eigenvalue weighted by molar-refractivity contribution is -0.147. The minimum absolute atomic E-state index is 0. The average Bonchev–Trinajstić information content (AvgIpc) is 2.67. The Bertz CT molecular complexity index is 593. The number of methoxy groups -OCH3 is 1. The summed E-state index contributed by atoms with van der Waals surface area (Å²) in [6.45, 7) is 4.54. The highest BCUT2D eigenvalue weighted by Gasteiger charge is 2.41. The zero-order valence-corrected chi connectivity index (χ0v) is 16.9. The lowest BCUT2D eigenvalue weighted by Gasteiger charge is -2.40. The van der Waals surface area contributed by atoms with Crippen LogP contribution in [0.25, 0.3) is 0 Å². The van der Waals surface area contributed by atoms with Gasteiger partial charge in [0.1, 0.15) is 5.60 Å². The van der Waals surface area contributed by atoms with Crippen molar-refractivity contribution in [3.63, 3.8) is 0 Å². The van der Waals surface area contributed by atoms with Crippen LogP contribution in [0.4, 0.5) is 0 Å². The van der Waals surface area contributed by atoms with E-state index < -0.39 is 5.60 Å². The van der Waals surface area contributed by atoms with Gasteiger partial charge in [0, 0.05) is 19.1 Å². The van der Waals surface area contributed by atoms with Crippen LogP contribution in [0, 0.1) is 6.92 Å². The number of piperidine rings is 1. The number of amides is 1. The predicted molar refractivity (Wildman–Crippen MR) is 108 cm³/mol. The molecule has 1 aromatic rings. The molecule has 146 valence electrons. The molecule has 0 bridgehead atoms. The van der Waals surface area contributed by atoms with Crippen molar-refractivity contribution in [1.82, 2.24) is 10.6 Å². The largest absolute Gasteiger partial charge is 0.368 e. The Hall–Kier alpha value is -1.10. The second-order valence-corrected chi connectivity index (χ2v) is 7.84. The number of hydrogen-bond donors (Lipinski definition) is 2. The average molecular weight is 381 g/mol. The van der Waals surface area contributed by atoms with Crippen LogP contribution in [0.1, 0.15) is 56.1 Å². The first-order valence-electron chi connectivity index (χ1n) is 9.72. The summed E-state index contributed by atoms with van der Waals surface area (Å²) < 4.78 is 5.69. The van der Waals surface area contributed by atoms with E-state index in [9.17, 15) is 4.79 Å². The van der Waals surface area contributed by atoms with E-state index in [1.54, 1.807) is 7.11 Å². The quantitative estimate of drug-likeness (QED) is 0.821. The van der Waals surface area contributed by atoms with Crippen molar-refractivity contribution in [2.75, 3.05) is 26.7 Å². The third kappa shape index (κ3) is 4.41. The van der Waals surface area contributed by atoms with Gasteiger partial charge in [-0.15, -0.1) is 12.4 Å². The Kier molecular flexibility index (Phi) is 7.51. The van der Waals surface area contributed by atoms with Crippen molar-refractivity contribution in [2.24, 2.45) is 0 Å². The first kappa shape index (κ1) is 21.2. The van der Waals surface area contributed by atoms with Gasteiger partial charge in [-0.3, -0.25) is 4.79 Å². The Morgan fingerprint density at radius 2 is 1.85 bits per heavy atom. The van der Waals surface area contributed by atoms with Crippen LogP contribution in [0.5, 0.6) is 0 Å². The zero-order valence-electron chi connectivity index (χ0n) is 16.1. The second kappa shape index (κ2) is 9.20. The zero-order chi connectivity index (χ0) is 17.8. The van der Waals surface area contributed by atoms with E-state index in [0.717, 1.165) is 38.8 Å². The molecule has 2 N–H and O–H groups in total. The van der Waals surface area contributed by atoms with Crippen molar-refractivity contribution in [1.29, 1.82) is 0 Å². The second-order valence-electron chi connectivity index (χ2n) is 7.84. The highest BCUT2D eigenvalue weighted by atomic mass is 35.5. The van der Waals surface area contributed by atoms with Crippen LogP contribution in [0.2, 0.25) is 0 Å². The molecular weight excluding hydrogens is 348 g/mol. The van der Waals surface area contributed by atoms with E-state index in [4.69, 9.17) is 4.74 Å². The van der Waals surface area contributed by atoms with Crippen LogP contribution in [0.3, 0.4) is 0 Å². The maximum Gasteiger partial charge on any atom is 0.252 e. The van der Waals surface area contributed by atoms with Crippen molar-refractivity contribution in [3.05, 3.63) is 35.4 Å². The maximum atomic E-state index is 13.0. The smallest absolute Gasteiger partial charge is 0.252 e. The number of aryl methyl sites for hydroxylation is 1. The summed E-state index contributed by atoms with van der Waals surface area (Å²) in [6.07, 6.45) is 7.57. The number of nitrogens with one attached hydrogen (secondary N) is 2. The van der Waals surface area contributed by atoms with Crippen LogP contribution in [-0.4, -0.2) is 38.3 Å². The van der Waals surface area contributed by atoms with Gasteiger partial charge in [-0.1, -0.05) is 49.1 Å². The van der Waals surface area contributed by atoms with E-state index in [0.29, 0.717) is 6.54 Å². The standard InChI is InChI=1S/C21H32N2O2.ClH/c1-17-7-6-8-18(15-17)20(9-4-3-5-10-20)16-23-19(24)21(25-2)11-13-22-14-12-21;/h6-8,15,22H,3-5,9-14,16H2,1-2H3,(H,23,24);1H. The molecule has 1 saturated heterocycles. The van der Waals surface area contributed by atoms with Gasteiger partial charge in [-0.05, 0) is 51.3 Å². The number of halogens is 1. The van der Waals surface area contributed by atoms with E-state index in [2.05, 4.69) is 41.8 Å². The summed E-state index contributed by atoms with van der Waals surface area (Å²) in [7, 11) is 1.67. The Morgan fingerprint density at radius 1 is 1.15 bits per heavy atom. The molecule has 1 aliphatic heterocycles. The molecule has 1 heterocycles. The third-order valence-electron chi connectivity index (χ3n) is 6.24. The highest BCUT2D eigenvalue weighted by Crippen LogP contribution is 2.39. The summed E-state index contributed by atoms with van der Waals surface area (Å²) in [6, 6.07) is 8.83. The molecule has 0 spiro atoms. The van der Waals surface area contributed by atoms with Gasteiger partial charge in [0.2, 0.25) is 0 Å². The number of ether oxygens (including phenoxy) is 1. The third-order valence-corrected chi connectivity index (χ3v) is 6.24. The molecule has 2 aliphatic rings. The summed E-state index contributed by atoms with van der Waals surface area (Å²) in [5, 5.41) is 6.59. The lowest BCUT2D eigenvalue weighted by Crippen LogP contribution is -2.56. The number of benzene rings is 1. The Labute approximate surface area is 163 Å². The summed E-state index contributed by atoms with van der Waals surface area (Å²) in [5.41, 5.74) is 2.08. The molecule has 2 fully saturated rings. The van der Waals surface area contributed by atoms with Gasteiger partial charge in [0.15, 0.2) is 0 Å². The fourth-order valence-electron chi connectivity index (χ4n) is 4.54. The molecular formula is C21H33ClN2O2. The van der Waals surface area contributed by atoms with E-state index in [-0.39, 0.29) is 23.7 Å². The number of carbonyl (C=O) groups excluding carboxylic acids is 1. The first-order chi connectivity index (χ1) is 12.1. The molecule has 26 heavy (non-hydrogen) atoms. The normalized spacial score (nSPS) is 21.5.